The number of aliphatic carboxylic acids is 1. The first-order chi connectivity index (χ1) is 29.1. The van der Waals surface area contributed by atoms with Gasteiger partial charge in [-0.05, 0) is 93.1 Å². The van der Waals surface area contributed by atoms with Crippen molar-refractivity contribution < 1.29 is 9.90 Å². The van der Waals surface area contributed by atoms with Crippen LogP contribution >= 0.6 is 34.8 Å². The Morgan fingerprint density at radius 3 is 1.29 bits per heavy atom. The molecule has 0 bridgehead atoms. The Balaban J connectivity index is 0.000000414. The van der Waals surface area contributed by atoms with Crippen LogP contribution in [0.2, 0.25) is 15.1 Å². The van der Waals surface area contributed by atoms with Gasteiger partial charge in [-0.1, -0.05) is 174 Å². The van der Waals surface area contributed by atoms with Gasteiger partial charge in [0.05, 0.1) is 11.4 Å². The standard InChI is InChI=1S/C14H21NO2.C13H20ClN.2C13H18ClN/c1-11-7-9-15-12(10-11)14(2,3)8-5-4-6-13(16)17;3*1-4-5-6-8-13(2,3)12-10-11(14)7-9-15-12/h7,9-10H,4-6,8H2,1-3H3,(H,16,17);7,9-10H,4-6,8H2,1-3H3;2*6-10H,4-5H2,1-3H3/b;;2*8-6+. The zero-order valence-electron chi connectivity index (χ0n) is 40.0. The second-order valence-electron chi connectivity index (χ2n) is 18.4. The zero-order valence-corrected chi connectivity index (χ0v) is 42.3. The molecule has 6 nitrogen and oxygen atoms in total. The van der Waals surface area contributed by atoms with E-state index in [4.69, 9.17) is 39.9 Å². The Labute approximate surface area is 391 Å². The molecular formula is C53H77Cl3N4O2. The highest BCUT2D eigenvalue weighted by Crippen LogP contribution is 2.30. The van der Waals surface area contributed by atoms with E-state index in [1.54, 1.807) is 30.7 Å². The lowest BCUT2D eigenvalue weighted by Gasteiger charge is -2.24. The van der Waals surface area contributed by atoms with Crippen molar-refractivity contribution in [1.82, 2.24) is 19.9 Å². The predicted octanol–water partition coefficient (Wildman–Crippen LogP) is 16.6. The van der Waals surface area contributed by atoms with Gasteiger partial charge in [-0.3, -0.25) is 24.7 Å². The predicted molar refractivity (Wildman–Crippen MR) is 267 cm³/mol. The number of unbranched alkanes of at least 4 members (excludes halogenated alkanes) is 5. The highest BCUT2D eigenvalue weighted by atomic mass is 35.5. The van der Waals surface area contributed by atoms with Crippen LogP contribution in [0.5, 0.6) is 0 Å². The molecule has 4 aromatic rings. The van der Waals surface area contributed by atoms with Crippen molar-refractivity contribution in [2.75, 3.05) is 0 Å². The normalized spacial score (nSPS) is 11.9. The lowest BCUT2D eigenvalue weighted by atomic mass is 9.83. The number of aryl methyl sites for hydroxylation is 1. The fourth-order valence-electron chi connectivity index (χ4n) is 6.37. The number of carboxylic acids is 1. The summed E-state index contributed by atoms with van der Waals surface area (Å²) in [5.41, 5.74) is 5.52. The summed E-state index contributed by atoms with van der Waals surface area (Å²) >= 11 is 17.9. The van der Waals surface area contributed by atoms with Gasteiger partial charge in [0.15, 0.2) is 0 Å². The van der Waals surface area contributed by atoms with Crippen LogP contribution in [0.25, 0.3) is 0 Å². The van der Waals surface area contributed by atoms with E-state index < -0.39 is 5.97 Å². The highest BCUT2D eigenvalue weighted by Gasteiger charge is 2.23. The molecule has 0 unspecified atom stereocenters. The van der Waals surface area contributed by atoms with Crippen molar-refractivity contribution in [2.45, 2.75) is 182 Å². The quantitative estimate of drug-likeness (QED) is 0.0745. The zero-order chi connectivity index (χ0) is 46.8. The number of rotatable bonds is 19. The number of nitrogens with zero attached hydrogens (tertiary/aromatic N) is 4. The lowest BCUT2D eigenvalue weighted by molar-refractivity contribution is -0.137. The third kappa shape index (κ3) is 23.2. The van der Waals surface area contributed by atoms with Crippen LogP contribution in [0.15, 0.2) is 97.6 Å². The Hall–Kier alpha value is -3.58. The Morgan fingerprint density at radius 2 is 0.919 bits per heavy atom. The molecule has 0 aliphatic heterocycles. The molecule has 0 atom stereocenters. The number of aromatic nitrogens is 4. The Morgan fingerprint density at radius 1 is 0.548 bits per heavy atom. The summed E-state index contributed by atoms with van der Waals surface area (Å²) in [6.45, 7) is 26.0. The molecule has 9 heteroatoms. The largest absolute Gasteiger partial charge is 0.481 e. The topological polar surface area (TPSA) is 88.9 Å². The number of pyridine rings is 4. The van der Waals surface area contributed by atoms with Gasteiger partial charge in [-0.2, -0.15) is 0 Å². The van der Waals surface area contributed by atoms with Crippen LogP contribution in [0.4, 0.5) is 0 Å². The summed E-state index contributed by atoms with van der Waals surface area (Å²) in [4.78, 5) is 27.9. The molecule has 0 saturated carbocycles. The van der Waals surface area contributed by atoms with E-state index in [0.717, 1.165) is 69.9 Å². The molecule has 0 aliphatic rings. The van der Waals surface area contributed by atoms with Crippen molar-refractivity contribution in [1.29, 1.82) is 0 Å². The maximum atomic E-state index is 10.4. The molecule has 62 heavy (non-hydrogen) atoms. The minimum Gasteiger partial charge on any atom is -0.481 e. The molecule has 0 radical (unpaired) electrons. The van der Waals surface area contributed by atoms with Gasteiger partial charge < -0.3 is 5.11 Å². The van der Waals surface area contributed by atoms with Crippen molar-refractivity contribution in [3.63, 3.8) is 0 Å². The maximum absolute atomic E-state index is 10.4. The van der Waals surface area contributed by atoms with E-state index in [9.17, 15) is 4.79 Å². The first-order valence-corrected chi connectivity index (χ1v) is 23.6. The number of hydrogen-bond acceptors (Lipinski definition) is 5. The van der Waals surface area contributed by atoms with Gasteiger partial charge in [0.2, 0.25) is 0 Å². The summed E-state index contributed by atoms with van der Waals surface area (Å²) in [7, 11) is 0. The van der Waals surface area contributed by atoms with Crippen molar-refractivity contribution in [2.24, 2.45) is 0 Å². The van der Waals surface area contributed by atoms with E-state index >= 15 is 0 Å². The molecule has 4 aromatic heterocycles. The van der Waals surface area contributed by atoms with Gasteiger partial charge in [-0.15, -0.1) is 0 Å². The van der Waals surface area contributed by atoms with E-state index in [2.05, 4.69) is 133 Å². The summed E-state index contributed by atoms with van der Waals surface area (Å²) in [5.74, 6) is -0.712. The molecule has 0 saturated heterocycles. The molecule has 0 spiro atoms. The van der Waals surface area contributed by atoms with Crippen LogP contribution in [0.3, 0.4) is 0 Å². The summed E-state index contributed by atoms with van der Waals surface area (Å²) < 4.78 is 0. The van der Waals surface area contributed by atoms with Crippen LogP contribution in [0, 0.1) is 6.92 Å². The van der Waals surface area contributed by atoms with E-state index in [1.165, 1.54) is 44.1 Å². The third-order valence-corrected chi connectivity index (χ3v) is 11.3. The van der Waals surface area contributed by atoms with Gasteiger partial charge in [0.25, 0.3) is 0 Å². The van der Waals surface area contributed by atoms with Gasteiger partial charge in [-0.25, -0.2) is 0 Å². The van der Waals surface area contributed by atoms with Crippen molar-refractivity contribution >= 4 is 40.8 Å². The number of hydrogen-bond donors (Lipinski definition) is 1. The molecule has 4 rings (SSSR count). The smallest absolute Gasteiger partial charge is 0.303 e. The maximum Gasteiger partial charge on any atom is 0.303 e. The Kier molecular flexibility index (Phi) is 26.4. The van der Waals surface area contributed by atoms with Crippen molar-refractivity contribution in [3.05, 3.63) is 141 Å². The first kappa shape index (κ1) is 56.4. The van der Waals surface area contributed by atoms with Crippen LogP contribution < -0.4 is 0 Å². The molecule has 0 amide bonds. The molecular weight excluding hydrogens is 831 g/mol. The van der Waals surface area contributed by atoms with Crippen LogP contribution in [0.1, 0.15) is 182 Å². The molecule has 4 heterocycles. The molecule has 0 fully saturated rings. The highest BCUT2D eigenvalue weighted by molar-refractivity contribution is 6.31. The SMILES string of the molecule is CCC/C=C/C(C)(C)c1cc(Cl)ccn1.CCC/C=C/C(C)(C)c1cc(Cl)ccn1.CCCCCC(C)(C)c1cc(Cl)ccn1.Cc1ccnc(C(C)(C)CCCCC(=O)O)c1. The van der Waals surface area contributed by atoms with E-state index in [0.29, 0.717) is 0 Å². The molecule has 0 aliphatic carbocycles. The van der Waals surface area contributed by atoms with Crippen LogP contribution in [-0.2, 0) is 26.5 Å². The number of carbonyl (C=O) groups is 1. The van der Waals surface area contributed by atoms with E-state index in [-0.39, 0.29) is 28.1 Å². The first-order valence-electron chi connectivity index (χ1n) is 22.5. The molecule has 342 valence electrons. The lowest BCUT2D eigenvalue weighted by Crippen LogP contribution is -2.19. The fraction of sp³-hybridized carbons (Fsp3) is 0.528. The molecule has 0 aromatic carbocycles. The average Bonchev–Trinajstić information content (AvgIpc) is 3.20. The molecule has 1 N–H and O–H groups in total. The summed E-state index contributed by atoms with van der Waals surface area (Å²) in [5, 5.41) is 10.9. The monoisotopic (exact) mass is 907 g/mol. The summed E-state index contributed by atoms with van der Waals surface area (Å²) in [6.07, 6.45) is 28.4. The number of halogens is 3. The second kappa shape index (κ2) is 29.0. The van der Waals surface area contributed by atoms with E-state index in [1.807, 2.05) is 36.5 Å². The average molecular weight is 909 g/mol. The number of carboxylic acid groups (broad SMARTS) is 1. The fourth-order valence-corrected chi connectivity index (χ4v) is 6.85. The number of allylic oxidation sites excluding steroid dienone is 4. The minimum absolute atomic E-state index is 0.0184. The summed E-state index contributed by atoms with van der Waals surface area (Å²) in [6, 6.07) is 15.4. The van der Waals surface area contributed by atoms with Gasteiger partial charge >= 0.3 is 5.97 Å². The Bertz CT molecular complexity index is 1870. The van der Waals surface area contributed by atoms with Crippen molar-refractivity contribution in [3.8, 4) is 0 Å². The third-order valence-electron chi connectivity index (χ3n) is 10.6. The van der Waals surface area contributed by atoms with Gasteiger partial charge in [0.1, 0.15) is 0 Å². The van der Waals surface area contributed by atoms with Gasteiger partial charge in [0, 0.05) is 79.3 Å². The minimum atomic E-state index is -0.712. The van der Waals surface area contributed by atoms with Crippen LogP contribution in [-0.4, -0.2) is 31.0 Å². The second-order valence-corrected chi connectivity index (χ2v) is 19.8.